The molecule has 1 heterocycles. The number of rotatable bonds is 3. The van der Waals surface area contributed by atoms with Gasteiger partial charge in [0.15, 0.2) is 0 Å². The van der Waals surface area contributed by atoms with Crippen molar-refractivity contribution in [3.63, 3.8) is 0 Å². The molecule has 1 saturated carbocycles. The second-order valence-corrected chi connectivity index (χ2v) is 6.19. The van der Waals surface area contributed by atoms with Crippen LogP contribution < -0.4 is 0 Å². The molecule has 0 bridgehead atoms. The Morgan fingerprint density at radius 3 is 3.00 bits per heavy atom. The molecule has 118 valence electrons. The summed E-state index contributed by atoms with van der Waals surface area (Å²) < 4.78 is 18.9. The van der Waals surface area contributed by atoms with E-state index in [4.69, 9.17) is 4.74 Å². The van der Waals surface area contributed by atoms with E-state index in [0.29, 0.717) is 25.3 Å². The molecule has 2 aliphatic rings. The molecule has 2 fully saturated rings. The van der Waals surface area contributed by atoms with Crippen LogP contribution in [0.15, 0.2) is 18.2 Å². The lowest BCUT2D eigenvalue weighted by atomic mass is 9.93. The third-order valence-electron chi connectivity index (χ3n) is 4.87. The lowest BCUT2D eigenvalue weighted by Crippen LogP contribution is -2.50. The summed E-state index contributed by atoms with van der Waals surface area (Å²) in [7, 11) is 0. The van der Waals surface area contributed by atoms with Crippen molar-refractivity contribution in [2.75, 3.05) is 19.8 Å². The molecule has 1 saturated heterocycles. The molecule has 1 aromatic carbocycles. The Morgan fingerprint density at radius 1 is 1.41 bits per heavy atom. The highest BCUT2D eigenvalue weighted by Crippen LogP contribution is 2.33. The summed E-state index contributed by atoms with van der Waals surface area (Å²) in [5, 5.41) is 19.4. The molecule has 1 aromatic rings. The fourth-order valence-electron chi connectivity index (χ4n) is 3.68. The van der Waals surface area contributed by atoms with Crippen LogP contribution in [0.1, 0.15) is 30.4 Å². The van der Waals surface area contributed by atoms with Crippen molar-refractivity contribution in [2.24, 2.45) is 5.92 Å². The van der Waals surface area contributed by atoms with Crippen molar-refractivity contribution in [1.82, 2.24) is 4.90 Å². The molecular formula is C17H21FN2O2. The van der Waals surface area contributed by atoms with Gasteiger partial charge in [0.2, 0.25) is 0 Å². The molecular weight excluding hydrogens is 283 g/mol. The van der Waals surface area contributed by atoms with Gasteiger partial charge in [-0.2, -0.15) is 5.26 Å². The third-order valence-corrected chi connectivity index (χ3v) is 4.87. The first-order chi connectivity index (χ1) is 10.7. The summed E-state index contributed by atoms with van der Waals surface area (Å²) in [4.78, 5) is 2.27. The van der Waals surface area contributed by atoms with Crippen LogP contribution in [0.5, 0.6) is 0 Å². The summed E-state index contributed by atoms with van der Waals surface area (Å²) in [5.41, 5.74) is 1.22. The van der Waals surface area contributed by atoms with Gasteiger partial charge in [-0.1, -0.05) is 12.5 Å². The Labute approximate surface area is 130 Å². The van der Waals surface area contributed by atoms with E-state index in [-0.39, 0.29) is 23.9 Å². The third kappa shape index (κ3) is 3.14. The zero-order valence-electron chi connectivity index (χ0n) is 12.5. The fraction of sp³-hybridized carbons (Fsp3) is 0.588. The minimum atomic E-state index is -0.384. The Balaban J connectivity index is 1.78. The van der Waals surface area contributed by atoms with Crippen LogP contribution >= 0.6 is 0 Å². The van der Waals surface area contributed by atoms with Crippen LogP contribution in [0.4, 0.5) is 4.39 Å². The van der Waals surface area contributed by atoms with Gasteiger partial charge in [0.05, 0.1) is 31.0 Å². The van der Waals surface area contributed by atoms with Crippen LogP contribution in [-0.4, -0.2) is 41.9 Å². The van der Waals surface area contributed by atoms with Gasteiger partial charge in [0.25, 0.3) is 0 Å². The zero-order valence-corrected chi connectivity index (χ0v) is 12.5. The standard InChI is InChI=1S/C17H21FN2O2/c18-14-5-4-12(13(8-14)9-19)10-20-6-7-22-11-16(20)15-2-1-3-17(15)21/h4-5,8,15-17,21H,1-3,6-7,10-11H2/t15-,16+,17+/m0/s1. The highest BCUT2D eigenvalue weighted by atomic mass is 19.1. The average molecular weight is 304 g/mol. The second kappa shape index (κ2) is 6.74. The summed E-state index contributed by atoms with van der Waals surface area (Å²) >= 11 is 0. The van der Waals surface area contributed by atoms with Gasteiger partial charge in [-0.15, -0.1) is 0 Å². The zero-order chi connectivity index (χ0) is 15.5. The van der Waals surface area contributed by atoms with E-state index in [1.54, 1.807) is 6.07 Å². The Morgan fingerprint density at radius 2 is 2.27 bits per heavy atom. The number of halogens is 1. The van der Waals surface area contributed by atoms with Gasteiger partial charge in [0, 0.05) is 25.0 Å². The molecule has 1 aliphatic carbocycles. The van der Waals surface area contributed by atoms with Crippen molar-refractivity contribution in [3.8, 4) is 6.07 Å². The van der Waals surface area contributed by atoms with Crippen LogP contribution in [0.25, 0.3) is 0 Å². The molecule has 0 aromatic heterocycles. The van der Waals surface area contributed by atoms with E-state index in [0.717, 1.165) is 31.4 Å². The molecule has 0 spiro atoms. The number of benzene rings is 1. The normalized spacial score (nSPS) is 29.4. The molecule has 0 unspecified atom stereocenters. The van der Waals surface area contributed by atoms with Gasteiger partial charge >= 0.3 is 0 Å². The molecule has 22 heavy (non-hydrogen) atoms. The molecule has 1 N–H and O–H groups in total. The number of hydrogen-bond donors (Lipinski definition) is 1. The molecule has 1 aliphatic heterocycles. The van der Waals surface area contributed by atoms with Crippen LogP contribution in [0.2, 0.25) is 0 Å². The number of nitrogens with zero attached hydrogens (tertiary/aromatic N) is 2. The molecule has 3 atom stereocenters. The monoisotopic (exact) mass is 304 g/mol. The van der Waals surface area contributed by atoms with Crippen LogP contribution in [0, 0.1) is 23.1 Å². The molecule has 4 nitrogen and oxygen atoms in total. The summed E-state index contributed by atoms with van der Waals surface area (Å²) in [6.45, 7) is 2.64. The maximum Gasteiger partial charge on any atom is 0.124 e. The first-order valence-electron chi connectivity index (χ1n) is 7.87. The maximum absolute atomic E-state index is 13.3. The summed E-state index contributed by atoms with van der Waals surface area (Å²) in [6.07, 6.45) is 2.66. The smallest absolute Gasteiger partial charge is 0.124 e. The quantitative estimate of drug-likeness (QED) is 0.928. The predicted molar refractivity (Wildman–Crippen MR) is 79.5 cm³/mol. The average Bonchev–Trinajstić information content (AvgIpc) is 2.95. The molecule has 0 radical (unpaired) electrons. The van der Waals surface area contributed by atoms with Crippen molar-refractivity contribution >= 4 is 0 Å². The highest BCUT2D eigenvalue weighted by Gasteiger charge is 2.37. The summed E-state index contributed by atoms with van der Waals surface area (Å²) in [6, 6.07) is 6.61. The molecule has 3 rings (SSSR count). The van der Waals surface area contributed by atoms with Crippen molar-refractivity contribution in [2.45, 2.75) is 38.0 Å². The lowest BCUT2D eigenvalue weighted by Gasteiger charge is -2.40. The van der Waals surface area contributed by atoms with Gasteiger partial charge in [0.1, 0.15) is 5.82 Å². The number of hydrogen-bond acceptors (Lipinski definition) is 4. The van der Waals surface area contributed by atoms with Crippen molar-refractivity contribution in [3.05, 3.63) is 35.1 Å². The van der Waals surface area contributed by atoms with E-state index < -0.39 is 0 Å². The minimum Gasteiger partial charge on any atom is -0.393 e. The fourth-order valence-corrected chi connectivity index (χ4v) is 3.68. The number of ether oxygens (including phenoxy) is 1. The van der Waals surface area contributed by atoms with Gasteiger partial charge in [-0.25, -0.2) is 4.39 Å². The highest BCUT2D eigenvalue weighted by molar-refractivity contribution is 5.37. The van der Waals surface area contributed by atoms with E-state index in [1.165, 1.54) is 12.1 Å². The van der Waals surface area contributed by atoms with Gasteiger partial charge in [-0.05, 0) is 30.5 Å². The minimum absolute atomic E-state index is 0.169. The first-order valence-corrected chi connectivity index (χ1v) is 7.87. The first kappa shape index (κ1) is 15.4. The molecule has 0 amide bonds. The molecule has 5 heteroatoms. The number of aliphatic hydroxyl groups is 1. The topological polar surface area (TPSA) is 56.5 Å². The second-order valence-electron chi connectivity index (χ2n) is 6.19. The van der Waals surface area contributed by atoms with E-state index in [1.807, 2.05) is 0 Å². The van der Waals surface area contributed by atoms with Crippen LogP contribution in [-0.2, 0) is 11.3 Å². The number of aliphatic hydroxyl groups excluding tert-OH is 1. The lowest BCUT2D eigenvalue weighted by molar-refractivity contribution is -0.0536. The van der Waals surface area contributed by atoms with Crippen LogP contribution in [0.3, 0.4) is 0 Å². The Hall–Kier alpha value is -1.48. The van der Waals surface area contributed by atoms with Gasteiger partial charge in [-0.3, -0.25) is 4.90 Å². The van der Waals surface area contributed by atoms with Gasteiger partial charge < -0.3 is 9.84 Å². The maximum atomic E-state index is 13.3. The number of morpholine rings is 1. The summed E-state index contributed by atoms with van der Waals surface area (Å²) in [5.74, 6) is -0.156. The van der Waals surface area contributed by atoms with Crippen molar-refractivity contribution < 1.29 is 14.2 Å². The van der Waals surface area contributed by atoms with E-state index in [2.05, 4.69) is 11.0 Å². The SMILES string of the molecule is N#Cc1cc(F)ccc1CN1CCOC[C@@H]1[C@@H]1CCC[C@H]1O. The van der Waals surface area contributed by atoms with E-state index >= 15 is 0 Å². The van der Waals surface area contributed by atoms with Crippen molar-refractivity contribution in [1.29, 1.82) is 5.26 Å². The Bertz CT molecular complexity index is 572. The predicted octanol–water partition coefficient (Wildman–Crippen LogP) is 2.06. The number of nitriles is 1. The largest absolute Gasteiger partial charge is 0.393 e. The Kier molecular flexibility index (Phi) is 4.72. The van der Waals surface area contributed by atoms with E-state index in [9.17, 15) is 14.8 Å².